The normalized spacial score (nSPS) is 18.7. The van der Waals surface area contributed by atoms with Gasteiger partial charge in [-0.3, -0.25) is 9.59 Å². The van der Waals surface area contributed by atoms with Gasteiger partial charge in [0, 0.05) is 22.9 Å². The van der Waals surface area contributed by atoms with Gasteiger partial charge in [0.05, 0.1) is 10.9 Å². The second-order valence-electron chi connectivity index (χ2n) is 5.02. The first-order valence-electron chi connectivity index (χ1n) is 6.62. The van der Waals surface area contributed by atoms with Crippen LogP contribution in [0.2, 0.25) is 0 Å². The summed E-state index contributed by atoms with van der Waals surface area (Å²) in [6, 6.07) is 5.77. The Kier molecular flexibility index (Phi) is 3.99. The number of Topliss-reactive ketones (excluding diaryl/α,β-unsaturated/α-hetero) is 1. The fourth-order valence-electron chi connectivity index (χ4n) is 2.27. The fourth-order valence-corrected chi connectivity index (χ4v) is 3.35. The summed E-state index contributed by atoms with van der Waals surface area (Å²) in [6.45, 7) is 7.80. The summed E-state index contributed by atoms with van der Waals surface area (Å²) in [4.78, 5) is 26.9. The third kappa shape index (κ3) is 2.54. The molecule has 1 amide bonds. The molecule has 1 heterocycles. The van der Waals surface area contributed by atoms with Gasteiger partial charge in [-0.1, -0.05) is 6.92 Å². The predicted octanol–water partition coefficient (Wildman–Crippen LogP) is 3.51. The monoisotopic (exact) mass is 277 g/mol. The van der Waals surface area contributed by atoms with Gasteiger partial charge in [-0.2, -0.15) is 0 Å². The van der Waals surface area contributed by atoms with Gasteiger partial charge in [-0.25, -0.2) is 0 Å². The lowest BCUT2D eigenvalue weighted by molar-refractivity contribution is -0.118. The summed E-state index contributed by atoms with van der Waals surface area (Å²) in [5.74, 6) is 0.283. The van der Waals surface area contributed by atoms with Crippen molar-refractivity contribution in [3.8, 4) is 0 Å². The molecule has 19 heavy (non-hydrogen) atoms. The van der Waals surface area contributed by atoms with Crippen molar-refractivity contribution in [2.24, 2.45) is 0 Å². The van der Waals surface area contributed by atoms with E-state index in [1.165, 1.54) is 11.8 Å². The van der Waals surface area contributed by atoms with E-state index in [1.807, 2.05) is 50.8 Å². The van der Waals surface area contributed by atoms with Crippen molar-refractivity contribution in [2.45, 2.75) is 50.3 Å². The van der Waals surface area contributed by atoms with Crippen LogP contribution in [-0.4, -0.2) is 23.0 Å². The average Bonchev–Trinajstić information content (AvgIpc) is 2.38. The van der Waals surface area contributed by atoms with Crippen LogP contribution < -0.4 is 4.90 Å². The Morgan fingerprint density at radius 3 is 2.68 bits per heavy atom. The van der Waals surface area contributed by atoms with Gasteiger partial charge < -0.3 is 4.90 Å². The lowest BCUT2D eigenvalue weighted by Gasteiger charge is -2.35. The van der Waals surface area contributed by atoms with Gasteiger partial charge in [0.25, 0.3) is 0 Å². The highest BCUT2D eigenvalue weighted by Crippen LogP contribution is 2.40. The summed E-state index contributed by atoms with van der Waals surface area (Å²) in [6.07, 6.45) is 0.506. The maximum absolute atomic E-state index is 12.2. The Bertz CT molecular complexity index is 525. The molecule has 0 aliphatic carbocycles. The maximum atomic E-state index is 12.2. The molecular weight excluding hydrogens is 258 g/mol. The Balaban J connectivity index is 2.48. The topological polar surface area (TPSA) is 37.4 Å². The molecule has 0 saturated heterocycles. The number of rotatable bonds is 3. The zero-order valence-corrected chi connectivity index (χ0v) is 12.6. The van der Waals surface area contributed by atoms with Crippen molar-refractivity contribution in [3.05, 3.63) is 23.8 Å². The molecule has 1 aromatic carbocycles. The van der Waals surface area contributed by atoms with Gasteiger partial charge in [-0.05, 0) is 39.0 Å². The lowest BCUT2D eigenvalue weighted by Crippen LogP contribution is -2.44. The quantitative estimate of drug-likeness (QED) is 0.793. The second-order valence-corrected chi connectivity index (χ2v) is 6.40. The van der Waals surface area contributed by atoms with Crippen LogP contribution in [0.5, 0.6) is 0 Å². The summed E-state index contributed by atoms with van der Waals surface area (Å²) >= 11 is 1.54. The molecule has 102 valence electrons. The molecule has 4 heteroatoms. The number of hydrogen-bond acceptors (Lipinski definition) is 3. The number of thioether (sulfide) groups is 1. The zero-order chi connectivity index (χ0) is 14.2. The fraction of sp³-hybridized carbons (Fsp3) is 0.467. The molecule has 1 aliphatic heterocycles. The molecule has 0 saturated carbocycles. The molecule has 1 aliphatic rings. The summed E-state index contributed by atoms with van der Waals surface area (Å²) in [5, 5.41) is -0.0955. The Hall–Kier alpha value is -1.29. The van der Waals surface area contributed by atoms with Crippen molar-refractivity contribution >= 4 is 29.1 Å². The predicted molar refractivity (Wildman–Crippen MR) is 79.0 cm³/mol. The van der Waals surface area contributed by atoms with E-state index in [4.69, 9.17) is 0 Å². The molecular formula is C15H19NO2S. The van der Waals surface area contributed by atoms with E-state index >= 15 is 0 Å². The van der Waals surface area contributed by atoms with E-state index in [2.05, 4.69) is 0 Å². The molecule has 0 bridgehead atoms. The molecule has 0 fully saturated rings. The number of benzene rings is 1. The van der Waals surface area contributed by atoms with Crippen molar-refractivity contribution in [1.82, 2.24) is 0 Å². The second kappa shape index (κ2) is 5.37. The number of ketones is 1. The van der Waals surface area contributed by atoms with Crippen LogP contribution >= 0.6 is 11.8 Å². The van der Waals surface area contributed by atoms with Crippen LogP contribution in [0.25, 0.3) is 0 Å². The standard InChI is InChI=1S/C15H19NO2S/c1-5-13(17)11-6-7-12-14(8-11)19-10(4)15(18)16(12)9(2)3/h6-10H,5H2,1-4H3. The van der Waals surface area contributed by atoms with E-state index < -0.39 is 0 Å². The van der Waals surface area contributed by atoms with Crippen molar-refractivity contribution in [1.29, 1.82) is 0 Å². The largest absolute Gasteiger partial charge is 0.308 e. The molecule has 0 radical (unpaired) electrons. The van der Waals surface area contributed by atoms with Crippen molar-refractivity contribution in [3.63, 3.8) is 0 Å². The highest BCUT2D eigenvalue weighted by Gasteiger charge is 2.32. The minimum Gasteiger partial charge on any atom is -0.308 e. The maximum Gasteiger partial charge on any atom is 0.240 e. The number of fused-ring (bicyclic) bond motifs is 1. The minimum atomic E-state index is -0.0955. The third-order valence-corrected chi connectivity index (χ3v) is 4.40. The van der Waals surface area contributed by atoms with Gasteiger partial charge in [-0.15, -0.1) is 11.8 Å². The Labute approximate surface area is 118 Å². The molecule has 1 aromatic rings. The van der Waals surface area contributed by atoms with Crippen molar-refractivity contribution < 1.29 is 9.59 Å². The van der Waals surface area contributed by atoms with Crippen LogP contribution in [0.3, 0.4) is 0 Å². The number of carbonyl (C=O) groups excluding carboxylic acids is 2. The smallest absolute Gasteiger partial charge is 0.240 e. The summed E-state index contributed by atoms with van der Waals surface area (Å²) in [5.41, 5.74) is 1.66. The van der Waals surface area contributed by atoms with Crippen molar-refractivity contribution in [2.75, 3.05) is 4.90 Å². The molecule has 0 spiro atoms. The molecule has 0 aromatic heterocycles. The Morgan fingerprint density at radius 1 is 1.42 bits per heavy atom. The lowest BCUT2D eigenvalue weighted by atomic mass is 10.1. The summed E-state index contributed by atoms with van der Waals surface area (Å²) < 4.78 is 0. The molecule has 3 nitrogen and oxygen atoms in total. The van der Waals surface area contributed by atoms with Crippen LogP contribution in [-0.2, 0) is 4.79 Å². The average molecular weight is 277 g/mol. The molecule has 1 atom stereocenters. The van der Waals surface area contributed by atoms with Crippen LogP contribution in [0.4, 0.5) is 5.69 Å². The van der Waals surface area contributed by atoms with Gasteiger partial charge in [0.1, 0.15) is 0 Å². The number of anilines is 1. The highest BCUT2D eigenvalue weighted by atomic mass is 32.2. The number of nitrogens with zero attached hydrogens (tertiary/aromatic N) is 1. The minimum absolute atomic E-state index is 0.0955. The zero-order valence-electron chi connectivity index (χ0n) is 11.8. The first kappa shape index (κ1) is 14.1. The van der Waals surface area contributed by atoms with E-state index in [0.29, 0.717) is 6.42 Å². The highest BCUT2D eigenvalue weighted by molar-refractivity contribution is 8.01. The Morgan fingerprint density at radius 2 is 2.11 bits per heavy atom. The molecule has 0 N–H and O–H groups in total. The number of amides is 1. The van der Waals surface area contributed by atoms with Crippen LogP contribution in [0.15, 0.2) is 23.1 Å². The SMILES string of the molecule is CCC(=O)c1ccc2c(c1)SC(C)C(=O)N2C(C)C. The van der Waals surface area contributed by atoms with E-state index in [9.17, 15) is 9.59 Å². The van der Waals surface area contributed by atoms with E-state index in [-0.39, 0.29) is 23.0 Å². The summed E-state index contributed by atoms with van der Waals surface area (Å²) in [7, 11) is 0. The third-order valence-electron chi connectivity index (χ3n) is 3.27. The molecule has 2 rings (SSSR count). The van der Waals surface area contributed by atoms with Crippen LogP contribution in [0.1, 0.15) is 44.5 Å². The van der Waals surface area contributed by atoms with Gasteiger partial charge >= 0.3 is 0 Å². The van der Waals surface area contributed by atoms with Gasteiger partial charge in [0.15, 0.2) is 5.78 Å². The molecule has 1 unspecified atom stereocenters. The number of hydrogen-bond donors (Lipinski definition) is 0. The van der Waals surface area contributed by atoms with Crippen LogP contribution in [0, 0.1) is 0 Å². The van der Waals surface area contributed by atoms with Gasteiger partial charge in [0.2, 0.25) is 5.91 Å². The van der Waals surface area contributed by atoms with E-state index in [0.717, 1.165) is 16.1 Å². The number of carbonyl (C=O) groups is 2. The van der Waals surface area contributed by atoms with E-state index in [1.54, 1.807) is 0 Å². The first-order chi connectivity index (χ1) is 8.95. The first-order valence-corrected chi connectivity index (χ1v) is 7.50.